The number of β-amino-alcohol motifs (C(OH)–C–C–N with tert-alkyl or cyclic N) is 2. The summed E-state index contributed by atoms with van der Waals surface area (Å²) in [5.41, 5.74) is 0. The van der Waals surface area contributed by atoms with Crippen molar-refractivity contribution in [2.75, 3.05) is 13.1 Å². The smallest absolute Gasteiger partial charge is 0.252 e. The van der Waals surface area contributed by atoms with Crippen LogP contribution in [0.15, 0.2) is 16.3 Å². The van der Waals surface area contributed by atoms with Crippen molar-refractivity contribution in [3.63, 3.8) is 0 Å². The molecule has 0 spiro atoms. The second kappa shape index (κ2) is 4.36. The van der Waals surface area contributed by atoms with Gasteiger partial charge in [0, 0.05) is 13.1 Å². The zero-order valence-corrected chi connectivity index (χ0v) is 10.3. The van der Waals surface area contributed by atoms with Gasteiger partial charge >= 0.3 is 0 Å². The Labute approximate surface area is 102 Å². The van der Waals surface area contributed by atoms with Crippen LogP contribution in [0.4, 0.5) is 0 Å². The lowest BCUT2D eigenvalue weighted by molar-refractivity contribution is 0.0572. The number of thiophene rings is 1. The minimum Gasteiger partial charge on any atom is -0.389 e. The molecule has 2 N–H and O–H groups in total. The Morgan fingerprint density at radius 2 is 1.94 bits per heavy atom. The van der Waals surface area contributed by atoms with Crippen LogP contribution in [0.1, 0.15) is 4.88 Å². The monoisotopic (exact) mass is 274 g/mol. The first kappa shape index (κ1) is 12.5. The molecule has 1 aromatic heterocycles. The molecule has 2 unspecified atom stereocenters. The molecule has 6 nitrogen and oxygen atoms in total. The summed E-state index contributed by atoms with van der Waals surface area (Å²) in [6.45, 7) is -0.243. The molecule has 1 fully saturated rings. The van der Waals surface area contributed by atoms with Crippen LogP contribution in [-0.2, 0) is 10.0 Å². The van der Waals surface area contributed by atoms with Crippen LogP contribution in [0.2, 0.25) is 0 Å². The molecular formula is C9H10N2O4S2. The molecule has 0 bridgehead atoms. The summed E-state index contributed by atoms with van der Waals surface area (Å²) >= 11 is 0.875. The fourth-order valence-corrected chi connectivity index (χ4v) is 4.31. The van der Waals surface area contributed by atoms with E-state index in [1.165, 1.54) is 12.1 Å². The van der Waals surface area contributed by atoms with Crippen LogP contribution in [0.3, 0.4) is 0 Å². The first-order chi connectivity index (χ1) is 7.95. The zero-order chi connectivity index (χ0) is 12.6. The van der Waals surface area contributed by atoms with Gasteiger partial charge in [0.2, 0.25) is 0 Å². The first-order valence-corrected chi connectivity index (χ1v) is 7.07. The van der Waals surface area contributed by atoms with Gasteiger partial charge in [-0.25, -0.2) is 8.42 Å². The molecule has 0 saturated carbocycles. The molecule has 1 saturated heterocycles. The highest BCUT2D eigenvalue weighted by atomic mass is 32.2. The maximum Gasteiger partial charge on any atom is 0.252 e. The van der Waals surface area contributed by atoms with Crippen LogP contribution in [0, 0.1) is 11.3 Å². The van der Waals surface area contributed by atoms with E-state index < -0.39 is 22.2 Å². The first-order valence-electron chi connectivity index (χ1n) is 4.81. The summed E-state index contributed by atoms with van der Waals surface area (Å²) in [5.74, 6) is 0. The largest absolute Gasteiger partial charge is 0.389 e. The Bertz CT molecular complexity index is 550. The number of hydrogen-bond acceptors (Lipinski definition) is 6. The average Bonchev–Trinajstić information content (AvgIpc) is 2.87. The lowest BCUT2D eigenvalue weighted by atomic mass is 10.3. The van der Waals surface area contributed by atoms with E-state index in [1.807, 2.05) is 6.07 Å². The molecule has 0 amide bonds. The van der Waals surface area contributed by atoms with Crippen molar-refractivity contribution in [3.8, 4) is 6.07 Å². The van der Waals surface area contributed by atoms with E-state index in [1.54, 1.807) is 0 Å². The van der Waals surface area contributed by atoms with Gasteiger partial charge in [-0.1, -0.05) is 0 Å². The number of nitriles is 1. The summed E-state index contributed by atoms with van der Waals surface area (Å²) in [4.78, 5) is 0.309. The van der Waals surface area contributed by atoms with E-state index >= 15 is 0 Å². The van der Waals surface area contributed by atoms with Gasteiger partial charge in [0.15, 0.2) is 0 Å². The van der Waals surface area contributed by atoms with Crippen molar-refractivity contribution in [2.45, 2.75) is 16.4 Å². The summed E-state index contributed by atoms with van der Waals surface area (Å²) in [6, 6.07) is 4.65. The number of nitrogens with zero attached hydrogens (tertiary/aromatic N) is 2. The third-order valence-corrected chi connectivity index (χ3v) is 5.80. The molecule has 2 heterocycles. The molecule has 0 aliphatic carbocycles. The summed E-state index contributed by atoms with van der Waals surface area (Å²) in [5, 5.41) is 27.3. The second-order valence-corrected chi connectivity index (χ2v) is 6.94. The van der Waals surface area contributed by atoms with Gasteiger partial charge in [-0.3, -0.25) is 0 Å². The van der Waals surface area contributed by atoms with Gasteiger partial charge in [0.1, 0.15) is 15.2 Å². The standard InChI is InChI=1S/C9H10N2O4S2/c10-3-6-1-2-9(16-6)17(14,15)11-4-7(12)8(13)5-11/h1-2,7-8,12-13H,4-5H2. The summed E-state index contributed by atoms with van der Waals surface area (Å²) < 4.78 is 25.2. The van der Waals surface area contributed by atoms with Crippen molar-refractivity contribution >= 4 is 21.4 Å². The molecule has 17 heavy (non-hydrogen) atoms. The molecule has 92 valence electrons. The van der Waals surface area contributed by atoms with Crippen LogP contribution < -0.4 is 0 Å². The van der Waals surface area contributed by atoms with E-state index in [2.05, 4.69) is 0 Å². The SMILES string of the molecule is N#Cc1ccc(S(=O)(=O)N2CC(O)C(O)C2)s1. The molecular weight excluding hydrogens is 264 g/mol. The van der Waals surface area contributed by atoms with Crippen LogP contribution in [-0.4, -0.2) is 48.2 Å². The zero-order valence-electron chi connectivity index (χ0n) is 8.65. The molecule has 1 aliphatic heterocycles. The Morgan fingerprint density at radius 1 is 1.35 bits per heavy atom. The van der Waals surface area contributed by atoms with Gasteiger partial charge in [0.25, 0.3) is 10.0 Å². The highest BCUT2D eigenvalue weighted by Gasteiger charge is 2.38. The van der Waals surface area contributed by atoms with Crippen LogP contribution in [0.5, 0.6) is 0 Å². The van der Waals surface area contributed by atoms with Gasteiger partial charge in [0.05, 0.1) is 12.2 Å². The fourth-order valence-electron chi connectivity index (χ4n) is 1.58. The Morgan fingerprint density at radius 3 is 2.41 bits per heavy atom. The maximum atomic E-state index is 12.1. The van der Waals surface area contributed by atoms with Crippen molar-refractivity contribution < 1.29 is 18.6 Å². The third-order valence-electron chi connectivity index (χ3n) is 2.51. The average molecular weight is 274 g/mol. The van der Waals surface area contributed by atoms with Crippen LogP contribution in [0.25, 0.3) is 0 Å². The Balaban J connectivity index is 2.29. The summed E-state index contributed by atoms with van der Waals surface area (Å²) in [6.07, 6.45) is -2.11. The molecule has 1 aliphatic rings. The number of aliphatic hydroxyl groups is 2. The topological polar surface area (TPSA) is 102 Å². The van der Waals surface area contributed by atoms with Gasteiger partial charge in [-0.05, 0) is 12.1 Å². The van der Waals surface area contributed by atoms with E-state index in [4.69, 9.17) is 5.26 Å². The van der Waals surface area contributed by atoms with E-state index in [9.17, 15) is 18.6 Å². The Hall–Kier alpha value is -0.980. The predicted molar refractivity (Wildman–Crippen MR) is 59.8 cm³/mol. The number of sulfonamides is 1. The van der Waals surface area contributed by atoms with E-state index in [0.29, 0.717) is 4.88 Å². The third kappa shape index (κ3) is 2.20. The highest BCUT2D eigenvalue weighted by molar-refractivity contribution is 7.91. The normalized spacial score (nSPS) is 25.9. The predicted octanol–water partition coefficient (Wildman–Crippen LogP) is -0.654. The van der Waals surface area contributed by atoms with Gasteiger partial charge < -0.3 is 10.2 Å². The Kier molecular flexibility index (Phi) is 3.20. The van der Waals surface area contributed by atoms with Gasteiger partial charge in [-0.15, -0.1) is 11.3 Å². The van der Waals surface area contributed by atoms with Crippen molar-refractivity contribution in [1.82, 2.24) is 4.31 Å². The molecule has 0 aromatic carbocycles. The van der Waals surface area contributed by atoms with Crippen LogP contribution >= 0.6 is 11.3 Å². The van der Waals surface area contributed by atoms with E-state index in [-0.39, 0.29) is 17.3 Å². The lowest BCUT2D eigenvalue weighted by Crippen LogP contribution is -2.29. The minimum atomic E-state index is -3.71. The van der Waals surface area contributed by atoms with Crippen molar-refractivity contribution in [3.05, 3.63) is 17.0 Å². The number of rotatable bonds is 2. The van der Waals surface area contributed by atoms with Gasteiger partial charge in [-0.2, -0.15) is 9.57 Å². The lowest BCUT2D eigenvalue weighted by Gasteiger charge is -2.13. The maximum absolute atomic E-state index is 12.1. The number of hydrogen-bond donors (Lipinski definition) is 2. The quantitative estimate of drug-likeness (QED) is 0.746. The van der Waals surface area contributed by atoms with Crippen molar-refractivity contribution in [1.29, 1.82) is 5.26 Å². The molecule has 2 atom stereocenters. The second-order valence-electron chi connectivity index (χ2n) is 3.69. The van der Waals surface area contributed by atoms with Crippen molar-refractivity contribution in [2.24, 2.45) is 0 Å². The summed E-state index contributed by atoms with van der Waals surface area (Å²) in [7, 11) is -3.71. The fraction of sp³-hybridized carbons (Fsp3) is 0.444. The molecule has 2 rings (SSSR count). The minimum absolute atomic E-state index is 0.0513. The highest BCUT2D eigenvalue weighted by Crippen LogP contribution is 2.27. The molecule has 1 aromatic rings. The molecule has 0 radical (unpaired) electrons. The van der Waals surface area contributed by atoms with E-state index in [0.717, 1.165) is 15.6 Å². The molecule has 8 heteroatoms. The number of aliphatic hydroxyl groups excluding tert-OH is 2.